The van der Waals surface area contributed by atoms with E-state index in [-0.39, 0.29) is 35.9 Å². The first-order valence-corrected chi connectivity index (χ1v) is 10.8. The van der Waals surface area contributed by atoms with Gasteiger partial charge in [-0.1, -0.05) is 0 Å². The molecule has 4 nitrogen and oxygen atoms in total. The van der Waals surface area contributed by atoms with Crippen molar-refractivity contribution in [1.82, 2.24) is 4.90 Å². The minimum absolute atomic E-state index is 0.0633. The number of alkyl halides is 1. The molecular weight excluding hydrogens is 376 g/mol. The highest BCUT2D eigenvalue weighted by molar-refractivity contribution is 5.51. The summed E-state index contributed by atoms with van der Waals surface area (Å²) < 4.78 is 47.0. The number of hydrogen-bond acceptors (Lipinski definition) is 4. The summed E-state index contributed by atoms with van der Waals surface area (Å²) >= 11 is 0. The predicted molar refractivity (Wildman–Crippen MR) is 108 cm³/mol. The Morgan fingerprint density at radius 2 is 2.00 bits per heavy atom. The zero-order valence-corrected chi connectivity index (χ0v) is 18.0. The smallest absolute Gasteiger partial charge is 0.197 e. The fraction of sp³-hybridized carbons (Fsp3) is 0.739. The molecule has 3 aliphatic rings. The summed E-state index contributed by atoms with van der Waals surface area (Å²) in [5.41, 5.74) is 0.181. The lowest BCUT2D eigenvalue weighted by Crippen LogP contribution is -2.47. The minimum atomic E-state index is -1.32. The molecule has 162 valence electrons. The molecule has 2 unspecified atom stereocenters. The van der Waals surface area contributed by atoms with Gasteiger partial charge >= 0.3 is 0 Å². The fourth-order valence-electron chi connectivity index (χ4n) is 4.87. The third-order valence-electron chi connectivity index (χ3n) is 6.44. The van der Waals surface area contributed by atoms with Crippen molar-refractivity contribution in [2.24, 2.45) is 0 Å². The van der Waals surface area contributed by atoms with Gasteiger partial charge in [-0.25, -0.2) is 8.78 Å². The van der Waals surface area contributed by atoms with Crippen LogP contribution in [0.4, 0.5) is 8.78 Å². The van der Waals surface area contributed by atoms with Crippen LogP contribution in [0.1, 0.15) is 70.0 Å². The quantitative estimate of drug-likeness (QED) is 0.686. The molecule has 0 N–H and O–H groups in total. The molecule has 4 rings (SSSR count). The highest BCUT2D eigenvalue weighted by atomic mass is 19.1. The summed E-state index contributed by atoms with van der Waals surface area (Å²) in [5, 5.41) is 0. The Morgan fingerprint density at radius 3 is 2.62 bits per heavy atom. The number of ether oxygens (including phenoxy) is 3. The molecule has 29 heavy (non-hydrogen) atoms. The molecule has 1 saturated carbocycles. The summed E-state index contributed by atoms with van der Waals surface area (Å²) in [4.78, 5) is 2.40. The van der Waals surface area contributed by atoms with Gasteiger partial charge in [0.2, 0.25) is 0 Å². The molecule has 0 amide bonds. The summed E-state index contributed by atoms with van der Waals surface area (Å²) in [5.74, 6) is 0.0439. The molecule has 1 aliphatic carbocycles. The first-order valence-electron chi connectivity index (χ1n) is 10.8. The van der Waals surface area contributed by atoms with E-state index in [1.165, 1.54) is 7.11 Å². The molecule has 0 aromatic heterocycles. The minimum Gasteiger partial charge on any atom is -0.493 e. The van der Waals surface area contributed by atoms with Gasteiger partial charge in [0.15, 0.2) is 17.3 Å². The molecule has 0 bridgehead atoms. The van der Waals surface area contributed by atoms with Gasteiger partial charge in [0, 0.05) is 19.1 Å². The molecule has 2 heterocycles. The van der Waals surface area contributed by atoms with Crippen molar-refractivity contribution in [3.63, 3.8) is 0 Å². The molecule has 6 heteroatoms. The van der Waals surface area contributed by atoms with Gasteiger partial charge in [-0.3, -0.25) is 4.90 Å². The van der Waals surface area contributed by atoms with Crippen LogP contribution in [0.2, 0.25) is 0 Å². The van der Waals surface area contributed by atoms with Crippen molar-refractivity contribution in [2.45, 2.75) is 82.7 Å². The first-order chi connectivity index (χ1) is 13.7. The lowest BCUT2D eigenvalue weighted by Gasteiger charge is -2.45. The third kappa shape index (κ3) is 4.24. The van der Waals surface area contributed by atoms with Crippen LogP contribution in [0, 0.1) is 5.82 Å². The zero-order valence-electron chi connectivity index (χ0n) is 18.0. The Hall–Kier alpha value is -1.40. The molecule has 0 radical (unpaired) electrons. The Balaban J connectivity index is 1.55. The van der Waals surface area contributed by atoms with Crippen molar-refractivity contribution in [3.05, 3.63) is 23.0 Å². The maximum Gasteiger partial charge on any atom is 0.197 e. The highest BCUT2D eigenvalue weighted by Gasteiger charge is 2.40. The molecule has 2 atom stereocenters. The molecule has 1 saturated heterocycles. The Morgan fingerprint density at radius 1 is 1.24 bits per heavy atom. The van der Waals surface area contributed by atoms with E-state index in [4.69, 9.17) is 14.2 Å². The van der Waals surface area contributed by atoms with E-state index in [0.717, 1.165) is 37.9 Å². The van der Waals surface area contributed by atoms with E-state index in [9.17, 15) is 4.39 Å². The van der Waals surface area contributed by atoms with Crippen LogP contribution in [-0.2, 0) is 11.2 Å². The summed E-state index contributed by atoms with van der Waals surface area (Å²) in [7, 11) is 1.51. The second-order valence-electron chi connectivity index (χ2n) is 9.77. The van der Waals surface area contributed by atoms with Crippen LogP contribution in [0.5, 0.6) is 11.5 Å². The molecule has 1 aromatic rings. The van der Waals surface area contributed by atoms with Crippen molar-refractivity contribution in [3.8, 4) is 11.5 Å². The molecule has 2 aliphatic heterocycles. The second kappa shape index (κ2) is 7.69. The van der Waals surface area contributed by atoms with Crippen LogP contribution in [0.25, 0.3) is 0 Å². The number of hydrogen-bond donors (Lipinski definition) is 0. The van der Waals surface area contributed by atoms with Crippen LogP contribution >= 0.6 is 0 Å². The van der Waals surface area contributed by atoms with E-state index >= 15 is 4.39 Å². The van der Waals surface area contributed by atoms with Crippen LogP contribution in [0.15, 0.2) is 6.07 Å². The lowest BCUT2D eigenvalue weighted by molar-refractivity contribution is -0.0972. The van der Waals surface area contributed by atoms with Crippen molar-refractivity contribution in [1.29, 1.82) is 0 Å². The van der Waals surface area contributed by atoms with E-state index in [1.807, 2.05) is 6.07 Å². The number of methoxy groups -OCH3 is 1. The zero-order chi connectivity index (χ0) is 20.8. The fourth-order valence-corrected chi connectivity index (χ4v) is 4.87. The monoisotopic (exact) mass is 409 g/mol. The normalized spacial score (nSPS) is 26.3. The van der Waals surface area contributed by atoms with E-state index in [1.54, 1.807) is 0 Å². The molecule has 1 aromatic carbocycles. The van der Waals surface area contributed by atoms with Crippen molar-refractivity contribution in [2.75, 3.05) is 26.8 Å². The number of fused-ring (bicyclic) bond motifs is 3. The Labute approximate surface area is 172 Å². The van der Waals surface area contributed by atoms with Crippen molar-refractivity contribution >= 4 is 0 Å². The van der Waals surface area contributed by atoms with Gasteiger partial charge in [-0.05, 0) is 76.5 Å². The van der Waals surface area contributed by atoms with Gasteiger partial charge in [0.25, 0.3) is 0 Å². The largest absolute Gasteiger partial charge is 0.493 e. The van der Waals surface area contributed by atoms with Gasteiger partial charge in [-0.15, -0.1) is 0 Å². The third-order valence-corrected chi connectivity index (χ3v) is 6.44. The number of rotatable bonds is 5. The maximum absolute atomic E-state index is 15.4. The molecule has 2 fully saturated rings. The molecule has 0 spiro atoms. The van der Waals surface area contributed by atoms with Gasteiger partial charge in [-0.2, -0.15) is 0 Å². The van der Waals surface area contributed by atoms with Gasteiger partial charge < -0.3 is 14.2 Å². The van der Waals surface area contributed by atoms with Crippen LogP contribution < -0.4 is 9.47 Å². The van der Waals surface area contributed by atoms with E-state index in [0.29, 0.717) is 30.6 Å². The van der Waals surface area contributed by atoms with Crippen molar-refractivity contribution < 1.29 is 23.0 Å². The Kier molecular flexibility index (Phi) is 5.53. The maximum atomic E-state index is 15.4. The summed E-state index contributed by atoms with van der Waals surface area (Å²) in [6.07, 6.45) is 4.51. The number of piperidine rings is 1. The highest BCUT2D eigenvalue weighted by Crippen LogP contribution is 2.45. The van der Waals surface area contributed by atoms with E-state index in [2.05, 4.69) is 25.7 Å². The Bertz CT molecular complexity index is 757. The van der Waals surface area contributed by atoms with Gasteiger partial charge in [0.1, 0.15) is 12.3 Å². The average Bonchev–Trinajstić information content (AvgIpc) is 2.63. The predicted octanol–water partition coefficient (Wildman–Crippen LogP) is 4.98. The lowest BCUT2D eigenvalue weighted by atomic mass is 9.83. The summed E-state index contributed by atoms with van der Waals surface area (Å²) in [6, 6.07) is 2.07. The number of benzene rings is 1. The standard InChI is InChI=1S/C23H33F2NO3/c1-22(2,3)29-15-6-7-18-17-12-19(27-4)21(28-14-23(25)9-5-10-23)20(24)16(17)8-11-26(18)13-15/h12,15,18H,5-11,13-14H2,1-4H3. The van der Waals surface area contributed by atoms with E-state index < -0.39 is 5.67 Å². The number of halogens is 2. The van der Waals surface area contributed by atoms with Crippen LogP contribution in [0.3, 0.4) is 0 Å². The summed E-state index contributed by atoms with van der Waals surface area (Å²) in [6.45, 7) is 7.78. The van der Waals surface area contributed by atoms with Crippen LogP contribution in [-0.4, -0.2) is 49.1 Å². The molecular formula is C23H33F2NO3. The SMILES string of the molecule is COc1cc2c(c(F)c1OCC1(F)CCC1)CCN1CC(OC(C)(C)C)CCC21. The number of nitrogens with zero attached hydrogens (tertiary/aromatic N) is 1. The van der Waals surface area contributed by atoms with Gasteiger partial charge in [0.05, 0.1) is 18.8 Å². The first kappa shape index (κ1) is 20.9. The average molecular weight is 410 g/mol. The second-order valence-corrected chi connectivity index (χ2v) is 9.77. The topological polar surface area (TPSA) is 30.9 Å².